The molecule has 2 saturated heterocycles. The van der Waals surface area contributed by atoms with Gasteiger partial charge in [-0.2, -0.15) is 0 Å². The zero-order valence-corrected chi connectivity index (χ0v) is 16.4. The van der Waals surface area contributed by atoms with Crippen LogP contribution in [0.25, 0.3) is 0 Å². The Kier molecular flexibility index (Phi) is 6.05. The molecule has 1 unspecified atom stereocenters. The van der Waals surface area contributed by atoms with Gasteiger partial charge in [0.15, 0.2) is 0 Å². The maximum absolute atomic E-state index is 6.18. The summed E-state index contributed by atoms with van der Waals surface area (Å²) in [6.45, 7) is 9.81. The van der Waals surface area contributed by atoms with Crippen LogP contribution in [0.1, 0.15) is 36.8 Å². The van der Waals surface area contributed by atoms with Crippen molar-refractivity contribution in [2.24, 2.45) is 5.92 Å². The SMILES string of the molecule is CC1CCCN(CCOc2ccccc2CN2CC(c3ccncc3)C2)C1. The second-order valence-corrected chi connectivity index (χ2v) is 8.18. The average molecular weight is 366 g/mol. The minimum Gasteiger partial charge on any atom is -0.492 e. The molecule has 2 aliphatic rings. The molecule has 27 heavy (non-hydrogen) atoms. The number of pyridine rings is 1. The second-order valence-electron chi connectivity index (χ2n) is 8.18. The summed E-state index contributed by atoms with van der Waals surface area (Å²) in [5.74, 6) is 2.52. The molecule has 2 aromatic rings. The molecule has 0 aliphatic carbocycles. The highest BCUT2D eigenvalue weighted by atomic mass is 16.5. The molecule has 4 nitrogen and oxygen atoms in total. The van der Waals surface area contributed by atoms with Crippen molar-refractivity contribution in [1.82, 2.24) is 14.8 Å². The van der Waals surface area contributed by atoms with E-state index in [-0.39, 0.29) is 0 Å². The van der Waals surface area contributed by atoms with E-state index in [0.717, 1.165) is 44.5 Å². The minimum atomic E-state index is 0.641. The maximum atomic E-state index is 6.18. The van der Waals surface area contributed by atoms with Crippen molar-refractivity contribution in [1.29, 1.82) is 0 Å². The Morgan fingerprint density at radius 3 is 2.67 bits per heavy atom. The van der Waals surface area contributed by atoms with E-state index in [9.17, 15) is 0 Å². The van der Waals surface area contributed by atoms with Gasteiger partial charge in [0, 0.05) is 56.6 Å². The smallest absolute Gasteiger partial charge is 0.123 e. The Morgan fingerprint density at radius 2 is 1.85 bits per heavy atom. The summed E-state index contributed by atoms with van der Waals surface area (Å²) in [5, 5.41) is 0. The fraction of sp³-hybridized carbons (Fsp3) is 0.522. The van der Waals surface area contributed by atoms with Crippen LogP contribution in [0.15, 0.2) is 48.8 Å². The third kappa shape index (κ3) is 4.88. The number of ether oxygens (including phenoxy) is 1. The van der Waals surface area contributed by atoms with Crippen LogP contribution >= 0.6 is 0 Å². The van der Waals surface area contributed by atoms with E-state index < -0.39 is 0 Å². The fourth-order valence-corrected chi connectivity index (χ4v) is 4.34. The summed E-state index contributed by atoms with van der Waals surface area (Å²) in [6, 6.07) is 12.8. The lowest BCUT2D eigenvalue weighted by atomic mass is 9.92. The lowest BCUT2D eigenvalue weighted by Gasteiger charge is -2.39. The van der Waals surface area contributed by atoms with Crippen molar-refractivity contribution in [3.63, 3.8) is 0 Å². The van der Waals surface area contributed by atoms with Crippen molar-refractivity contribution >= 4 is 0 Å². The second kappa shape index (κ2) is 8.85. The quantitative estimate of drug-likeness (QED) is 0.746. The van der Waals surface area contributed by atoms with Gasteiger partial charge in [-0.05, 0) is 49.1 Å². The minimum absolute atomic E-state index is 0.641. The molecule has 0 amide bonds. The molecule has 0 N–H and O–H groups in total. The first-order chi connectivity index (χ1) is 13.3. The number of hydrogen-bond donors (Lipinski definition) is 0. The third-order valence-corrected chi connectivity index (χ3v) is 5.91. The molecule has 144 valence electrons. The first-order valence-electron chi connectivity index (χ1n) is 10.3. The van der Waals surface area contributed by atoms with Crippen molar-refractivity contribution < 1.29 is 4.74 Å². The van der Waals surface area contributed by atoms with E-state index in [2.05, 4.69) is 58.1 Å². The monoisotopic (exact) mass is 365 g/mol. The highest BCUT2D eigenvalue weighted by molar-refractivity contribution is 5.33. The molecule has 2 aliphatic heterocycles. The molecule has 1 aromatic heterocycles. The van der Waals surface area contributed by atoms with Gasteiger partial charge in [-0.3, -0.25) is 14.8 Å². The van der Waals surface area contributed by atoms with Crippen LogP contribution in [0.5, 0.6) is 5.75 Å². The van der Waals surface area contributed by atoms with E-state index in [0.29, 0.717) is 5.92 Å². The van der Waals surface area contributed by atoms with Gasteiger partial charge in [0.05, 0.1) is 0 Å². The van der Waals surface area contributed by atoms with Crippen LogP contribution < -0.4 is 4.74 Å². The molecule has 4 heteroatoms. The molecule has 3 heterocycles. The number of nitrogens with zero attached hydrogens (tertiary/aromatic N) is 3. The first-order valence-corrected chi connectivity index (χ1v) is 10.3. The third-order valence-electron chi connectivity index (χ3n) is 5.91. The number of rotatable bonds is 7. The summed E-state index contributed by atoms with van der Waals surface area (Å²) >= 11 is 0. The fourth-order valence-electron chi connectivity index (χ4n) is 4.34. The predicted octanol–water partition coefficient (Wildman–Crippen LogP) is 3.79. The first kappa shape index (κ1) is 18.5. The van der Waals surface area contributed by atoms with Gasteiger partial charge >= 0.3 is 0 Å². The van der Waals surface area contributed by atoms with Crippen LogP contribution in [0.3, 0.4) is 0 Å². The topological polar surface area (TPSA) is 28.6 Å². The number of likely N-dealkylation sites (tertiary alicyclic amines) is 2. The Hall–Kier alpha value is -1.91. The van der Waals surface area contributed by atoms with E-state index in [1.54, 1.807) is 0 Å². The van der Waals surface area contributed by atoms with Gasteiger partial charge < -0.3 is 4.74 Å². The zero-order valence-electron chi connectivity index (χ0n) is 16.4. The normalized spacial score (nSPS) is 21.7. The van der Waals surface area contributed by atoms with E-state index in [1.165, 1.54) is 37.1 Å². The molecular weight excluding hydrogens is 334 g/mol. The van der Waals surface area contributed by atoms with Crippen molar-refractivity contribution in [3.8, 4) is 5.75 Å². The largest absolute Gasteiger partial charge is 0.492 e. The summed E-state index contributed by atoms with van der Waals surface area (Å²) in [6.07, 6.45) is 6.48. The van der Waals surface area contributed by atoms with Gasteiger partial charge in [0.2, 0.25) is 0 Å². The van der Waals surface area contributed by atoms with Crippen LogP contribution in [-0.4, -0.2) is 54.1 Å². The highest BCUT2D eigenvalue weighted by Crippen LogP contribution is 2.30. The van der Waals surface area contributed by atoms with Gasteiger partial charge in [0.1, 0.15) is 12.4 Å². The van der Waals surface area contributed by atoms with Gasteiger partial charge in [-0.25, -0.2) is 0 Å². The zero-order chi connectivity index (χ0) is 18.5. The van der Waals surface area contributed by atoms with E-state index >= 15 is 0 Å². The number of para-hydroxylation sites is 1. The maximum Gasteiger partial charge on any atom is 0.123 e. The number of aromatic nitrogens is 1. The Labute approximate surface area is 163 Å². The Bertz CT molecular complexity index is 715. The van der Waals surface area contributed by atoms with Crippen LogP contribution in [0.4, 0.5) is 0 Å². The molecular formula is C23H31N3O. The number of benzene rings is 1. The van der Waals surface area contributed by atoms with Crippen LogP contribution in [0.2, 0.25) is 0 Å². The van der Waals surface area contributed by atoms with E-state index in [4.69, 9.17) is 4.74 Å². The molecule has 0 spiro atoms. The summed E-state index contributed by atoms with van der Waals surface area (Å²) in [5.41, 5.74) is 2.71. The van der Waals surface area contributed by atoms with Gasteiger partial charge in [0.25, 0.3) is 0 Å². The molecule has 2 fully saturated rings. The number of hydrogen-bond acceptors (Lipinski definition) is 4. The van der Waals surface area contributed by atoms with Crippen LogP contribution in [0, 0.1) is 5.92 Å². The van der Waals surface area contributed by atoms with Gasteiger partial charge in [-0.15, -0.1) is 0 Å². The lowest BCUT2D eigenvalue weighted by molar-refractivity contribution is 0.134. The lowest BCUT2D eigenvalue weighted by Crippen LogP contribution is -2.44. The molecule has 4 rings (SSSR count). The molecule has 1 atom stereocenters. The summed E-state index contributed by atoms with van der Waals surface area (Å²) in [7, 11) is 0. The van der Waals surface area contributed by atoms with E-state index in [1.807, 2.05) is 12.4 Å². The van der Waals surface area contributed by atoms with Crippen molar-refractivity contribution in [2.75, 3.05) is 39.3 Å². The number of piperidine rings is 1. The average Bonchev–Trinajstić information content (AvgIpc) is 2.66. The van der Waals surface area contributed by atoms with Crippen molar-refractivity contribution in [2.45, 2.75) is 32.2 Å². The summed E-state index contributed by atoms with van der Waals surface area (Å²) in [4.78, 5) is 9.16. The summed E-state index contributed by atoms with van der Waals surface area (Å²) < 4.78 is 6.18. The molecule has 0 radical (unpaired) electrons. The molecule has 0 saturated carbocycles. The standard InChI is InChI=1S/C23H31N3O/c1-19-5-4-12-25(15-19)13-14-27-23-7-3-2-6-21(23)16-26-17-22(18-26)20-8-10-24-11-9-20/h2-3,6-11,19,22H,4-5,12-18H2,1H3. The molecule has 0 bridgehead atoms. The van der Waals surface area contributed by atoms with Crippen molar-refractivity contribution in [3.05, 3.63) is 59.9 Å². The highest BCUT2D eigenvalue weighted by Gasteiger charge is 2.28. The Balaban J connectivity index is 1.26. The molecule has 1 aromatic carbocycles. The Morgan fingerprint density at radius 1 is 1.04 bits per heavy atom. The van der Waals surface area contributed by atoms with Gasteiger partial charge in [-0.1, -0.05) is 25.1 Å². The predicted molar refractivity (Wildman–Crippen MR) is 109 cm³/mol. The van der Waals surface area contributed by atoms with Crippen LogP contribution in [-0.2, 0) is 6.54 Å².